The van der Waals surface area contributed by atoms with Gasteiger partial charge >= 0.3 is 0 Å². The molecule has 34 heavy (non-hydrogen) atoms. The number of carbonyl (C=O) groups is 2. The predicted molar refractivity (Wildman–Crippen MR) is 130 cm³/mol. The summed E-state index contributed by atoms with van der Waals surface area (Å²) in [4.78, 5) is 29.6. The molecular formula is C27H33FN2O4. The molecule has 0 saturated carbocycles. The van der Waals surface area contributed by atoms with Crippen molar-refractivity contribution in [3.05, 3.63) is 70.5 Å². The molecule has 1 N–H and O–H groups in total. The van der Waals surface area contributed by atoms with Crippen LogP contribution in [-0.4, -0.2) is 60.4 Å². The van der Waals surface area contributed by atoms with Crippen LogP contribution < -0.4 is 4.74 Å². The summed E-state index contributed by atoms with van der Waals surface area (Å²) in [6, 6.07) is 10.1. The van der Waals surface area contributed by atoms with Crippen molar-refractivity contribution < 1.29 is 23.8 Å². The summed E-state index contributed by atoms with van der Waals surface area (Å²) in [5.41, 5.74) is 1.76. The van der Waals surface area contributed by atoms with E-state index < -0.39 is 23.5 Å². The molecule has 0 aromatic heterocycles. The standard InChI is InChI=1S/C27H33FN2O4/c1-17(2)16-34-21-11-12-22(18(3)15-21)25(31)23-24(19-7-9-20(28)10-8-19)30(27(33)26(23)32)14-6-13-29(4)5/h7-12,15,17,24,31H,6,13-14,16H2,1-5H3/t24-/m0/s1. The van der Waals surface area contributed by atoms with Crippen molar-refractivity contribution in [3.8, 4) is 5.75 Å². The third kappa shape index (κ3) is 5.65. The van der Waals surface area contributed by atoms with Crippen molar-refractivity contribution in [1.29, 1.82) is 0 Å². The van der Waals surface area contributed by atoms with Crippen LogP contribution in [0.3, 0.4) is 0 Å². The number of aliphatic hydroxyl groups is 1. The quantitative estimate of drug-likeness (QED) is 0.332. The molecule has 1 atom stereocenters. The molecule has 0 bridgehead atoms. The lowest BCUT2D eigenvalue weighted by Gasteiger charge is -2.26. The van der Waals surface area contributed by atoms with Gasteiger partial charge in [0, 0.05) is 12.1 Å². The first-order valence-corrected chi connectivity index (χ1v) is 11.5. The molecule has 2 aromatic rings. The number of amides is 1. The van der Waals surface area contributed by atoms with Crippen LogP contribution in [0.15, 0.2) is 48.0 Å². The number of rotatable bonds is 9. The number of aryl methyl sites for hydroxylation is 1. The number of carbonyl (C=O) groups excluding carboxylic acids is 2. The number of nitrogens with zero attached hydrogens (tertiary/aromatic N) is 2. The normalized spacial score (nSPS) is 17.8. The van der Waals surface area contributed by atoms with Gasteiger partial charge < -0.3 is 19.6 Å². The highest BCUT2D eigenvalue weighted by Crippen LogP contribution is 2.40. The van der Waals surface area contributed by atoms with E-state index in [1.54, 1.807) is 30.3 Å². The number of likely N-dealkylation sites (tertiary alicyclic amines) is 1. The Balaban J connectivity index is 2.04. The summed E-state index contributed by atoms with van der Waals surface area (Å²) >= 11 is 0. The highest BCUT2D eigenvalue weighted by molar-refractivity contribution is 6.46. The fourth-order valence-electron chi connectivity index (χ4n) is 4.06. The van der Waals surface area contributed by atoms with E-state index in [4.69, 9.17) is 4.74 Å². The average Bonchev–Trinajstić information content (AvgIpc) is 3.02. The molecule has 2 aromatic carbocycles. The minimum Gasteiger partial charge on any atom is -0.507 e. The van der Waals surface area contributed by atoms with Crippen LogP contribution in [0.25, 0.3) is 5.76 Å². The zero-order chi connectivity index (χ0) is 25.0. The first-order valence-electron chi connectivity index (χ1n) is 11.5. The molecule has 1 saturated heterocycles. The van der Waals surface area contributed by atoms with Gasteiger partial charge in [-0.15, -0.1) is 0 Å². The summed E-state index contributed by atoms with van der Waals surface area (Å²) in [7, 11) is 3.87. The van der Waals surface area contributed by atoms with Crippen LogP contribution in [0.1, 0.15) is 43.0 Å². The largest absolute Gasteiger partial charge is 0.507 e. The van der Waals surface area contributed by atoms with Crippen LogP contribution in [0.2, 0.25) is 0 Å². The minimum absolute atomic E-state index is 0.0143. The number of Topliss-reactive ketones (excluding diaryl/α,β-unsaturated/α-hetero) is 1. The van der Waals surface area contributed by atoms with Crippen LogP contribution in [0, 0.1) is 18.7 Å². The van der Waals surface area contributed by atoms with Crippen molar-refractivity contribution >= 4 is 17.4 Å². The minimum atomic E-state index is -0.793. The molecule has 0 aliphatic carbocycles. The Morgan fingerprint density at radius 2 is 1.82 bits per heavy atom. The summed E-state index contributed by atoms with van der Waals surface area (Å²) in [5, 5.41) is 11.3. The van der Waals surface area contributed by atoms with Crippen LogP contribution in [0.4, 0.5) is 4.39 Å². The molecule has 0 unspecified atom stereocenters. The fourth-order valence-corrected chi connectivity index (χ4v) is 4.06. The second-order valence-electron chi connectivity index (χ2n) is 9.38. The van der Waals surface area contributed by atoms with Gasteiger partial charge in [-0.1, -0.05) is 26.0 Å². The summed E-state index contributed by atoms with van der Waals surface area (Å²) in [6.45, 7) is 7.56. The van der Waals surface area contributed by atoms with E-state index in [9.17, 15) is 19.1 Å². The topological polar surface area (TPSA) is 70.1 Å². The second-order valence-corrected chi connectivity index (χ2v) is 9.38. The summed E-state index contributed by atoms with van der Waals surface area (Å²) in [6.07, 6.45) is 0.651. The molecule has 1 heterocycles. The Labute approximate surface area is 200 Å². The van der Waals surface area contributed by atoms with Gasteiger partial charge in [0.2, 0.25) is 0 Å². The van der Waals surface area contributed by atoms with Gasteiger partial charge in [0.15, 0.2) is 0 Å². The monoisotopic (exact) mass is 468 g/mol. The molecule has 3 rings (SSSR count). The fraction of sp³-hybridized carbons (Fsp3) is 0.407. The number of hydrogen-bond acceptors (Lipinski definition) is 5. The lowest BCUT2D eigenvalue weighted by atomic mass is 9.94. The molecule has 1 aliphatic heterocycles. The lowest BCUT2D eigenvalue weighted by molar-refractivity contribution is -0.139. The average molecular weight is 469 g/mol. The van der Waals surface area contributed by atoms with Crippen molar-refractivity contribution in [2.45, 2.75) is 33.2 Å². The predicted octanol–water partition coefficient (Wildman–Crippen LogP) is 4.54. The number of aliphatic hydroxyl groups excluding tert-OH is 1. The van der Waals surface area contributed by atoms with E-state index in [0.717, 1.165) is 12.1 Å². The lowest BCUT2D eigenvalue weighted by Crippen LogP contribution is -2.32. The number of hydrogen-bond donors (Lipinski definition) is 1. The van der Waals surface area contributed by atoms with Gasteiger partial charge in [0.25, 0.3) is 11.7 Å². The molecular weight excluding hydrogens is 435 g/mol. The van der Waals surface area contributed by atoms with Gasteiger partial charge in [-0.3, -0.25) is 9.59 Å². The molecule has 182 valence electrons. The second kappa shape index (κ2) is 10.8. The molecule has 1 aliphatic rings. The van der Waals surface area contributed by atoms with Crippen molar-refractivity contribution in [2.24, 2.45) is 5.92 Å². The number of halogens is 1. The van der Waals surface area contributed by atoms with E-state index in [1.807, 2.05) is 25.9 Å². The van der Waals surface area contributed by atoms with E-state index in [0.29, 0.717) is 42.4 Å². The first-order chi connectivity index (χ1) is 16.1. The van der Waals surface area contributed by atoms with Crippen molar-refractivity contribution in [2.75, 3.05) is 33.8 Å². The zero-order valence-electron chi connectivity index (χ0n) is 20.5. The van der Waals surface area contributed by atoms with E-state index >= 15 is 0 Å². The molecule has 7 heteroatoms. The molecule has 0 spiro atoms. The summed E-state index contributed by atoms with van der Waals surface area (Å²) in [5.74, 6) is -1.02. The van der Waals surface area contributed by atoms with Crippen molar-refractivity contribution in [1.82, 2.24) is 9.80 Å². The van der Waals surface area contributed by atoms with Crippen molar-refractivity contribution in [3.63, 3.8) is 0 Å². The SMILES string of the molecule is Cc1cc(OCC(C)C)ccc1C(O)=C1C(=O)C(=O)N(CCCN(C)C)[C@H]1c1ccc(F)cc1. The molecule has 1 amide bonds. The third-order valence-electron chi connectivity index (χ3n) is 5.77. The Bertz CT molecular complexity index is 1080. The Kier molecular flexibility index (Phi) is 8.10. The van der Waals surface area contributed by atoms with Gasteiger partial charge in [0.05, 0.1) is 18.2 Å². The van der Waals surface area contributed by atoms with Crippen LogP contribution in [-0.2, 0) is 9.59 Å². The van der Waals surface area contributed by atoms with Crippen LogP contribution in [0.5, 0.6) is 5.75 Å². The van der Waals surface area contributed by atoms with Gasteiger partial charge in [-0.25, -0.2) is 4.39 Å². The number of benzene rings is 2. The van der Waals surface area contributed by atoms with Gasteiger partial charge in [-0.2, -0.15) is 0 Å². The maximum Gasteiger partial charge on any atom is 0.295 e. The first kappa shape index (κ1) is 25.4. The van der Waals surface area contributed by atoms with E-state index in [-0.39, 0.29) is 11.3 Å². The molecule has 6 nitrogen and oxygen atoms in total. The van der Waals surface area contributed by atoms with Gasteiger partial charge in [-0.05, 0) is 81.4 Å². The smallest absolute Gasteiger partial charge is 0.295 e. The molecule has 0 radical (unpaired) electrons. The highest BCUT2D eigenvalue weighted by atomic mass is 19.1. The maximum atomic E-state index is 13.6. The third-order valence-corrected chi connectivity index (χ3v) is 5.77. The summed E-state index contributed by atoms with van der Waals surface area (Å²) < 4.78 is 19.4. The van der Waals surface area contributed by atoms with E-state index in [1.165, 1.54) is 17.0 Å². The Hall–Kier alpha value is -3.19. The Morgan fingerprint density at radius 1 is 1.15 bits per heavy atom. The maximum absolute atomic E-state index is 13.6. The number of ether oxygens (including phenoxy) is 1. The van der Waals surface area contributed by atoms with E-state index in [2.05, 4.69) is 13.8 Å². The Morgan fingerprint density at radius 3 is 2.41 bits per heavy atom. The van der Waals surface area contributed by atoms with Gasteiger partial charge in [0.1, 0.15) is 17.3 Å². The van der Waals surface area contributed by atoms with Crippen LogP contribution >= 0.6 is 0 Å². The highest BCUT2D eigenvalue weighted by Gasteiger charge is 2.45. The molecule has 1 fully saturated rings. The number of ketones is 1. The zero-order valence-corrected chi connectivity index (χ0v) is 20.5.